The van der Waals surface area contributed by atoms with Gasteiger partial charge in [0.1, 0.15) is 0 Å². The van der Waals surface area contributed by atoms with Gasteiger partial charge in [0.25, 0.3) is 0 Å². The molecule has 0 spiro atoms. The highest BCUT2D eigenvalue weighted by molar-refractivity contribution is 4.79. The Kier molecular flexibility index (Phi) is 25.4. The fourth-order valence-corrected chi connectivity index (χ4v) is 3.84. The van der Waals surface area contributed by atoms with E-state index in [1.54, 1.807) is 0 Å². The molecular formula is C26H52O. The van der Waals surface area contributed by atoms with E-state index in [9.17, 15) is 0 Å². The average molecular weight is 381 g/mol. The molecule has 0 rings (SSSR count). The van der Waals surface area contributed by atoms with Crippen molar-refractivity contribution in [2.45, 2.75) is 148 Å². The SMILES string of the molecule is CC/C=C/CCCCCCCCCCCCCCCCCCCCCCO. The van der Waals surface area contributed by atoms with Crippen LogP contribution in [0.4, 0.5) is 0 Å². The lowest BCUT2D eigenvalue weighted by molar-refractivity contribution is 0.282. The van der Waals surface area contributed by atoms with Crippen LogP contribution in [0.3, 0.4) is 0 Å². The van der Waals surface area contributed by atoms with Crippen LogP contribution in [0.1, 0.15) is 148 Å². The normalized spacial score (nSPS) is 11.6. The van der Waals surface area contributed by atoms with Gasteiger partial charge in [-0.3, -0.25) is 0 Å². The first-order valence-corrected chi connectivity index (χ1v) is 12.7. The Morgan fingerprint density at radius 3 is 1.00 bits per heavy atom. The number of aliphatic hydroxyl groups excluding tert-OH is 1. The zero-order chi connectivity index (χ0) is 19.7. The summed E-state index contributed by atoms with van der Waals surface area (Å²) in [6, 6.07) is 0. The van der Waals surface area contributed by atoms with Gasteiger partial charge in [0.05, 0.1) is 0 Å². The molecule has 0 atom stereocenters. The van der Waals surface area contributed by atoms with Gasteiger partial charge in [0, 0.05) is 6.61 Å². The Balaban J connectivity index is 2.98. The highest BCUT2D eigenvalue weighted by Crippen LogP contribution is 2.15. The van der Waals surface area contributed by atoms with Crippen molar-refractivity contribution in [2.75, 3.05) is 6.61 Å². The van der Waals surface area contributed by atoms with Gasteiger partial charge in [-0.15, -0.1) is 0 Å². The zero-order valence-corrected chi connectivity index (χ0v) is 18.9. The average Bonchev–Trinajstić information content (AvgIpc) is 2.68. The maximum absolute atomic E-state index is 8.74. The highest BCUT2D eigenvalue weighted by Gasteiger charge is 1.95. The molecule has 1 N–H and O–H groups in total. The van der Waals surface area contributed by atoms with Crippen LogP contribution >= 0.6 is 0 Å². The molecule has 0 fully saturated rings. The summed E-state index contributed by atoms with van der Waals surface area (Å²) in [6.07, 6.45) is 35.2. The second-order valence-electron chi connectivity index (χ2n) is 8.46. The van der Waals surface area contributed by atoms with Crippen LogP contribution in [0.2, 0.25) is 0 Å². The minimum Gasteiger partial charge on any atom is -0.396 e. The molecule has 162 valence electrons. The van der Waals surface area contributed by atoms with Crippen molar-refractivity contribution in [1.82, 2.24) is 0 Å². The molecular weight excluding hydrogens is 328 g/mol. The van der Waals surface area contributed by atoms with Gasteiger partial charge in [-0.1, -0.05) is 135 Å². The maximum atomic E-state index is 8.74. The van der Waals surface area contributed by atoms with E-state index < -0.39 is 0 Å². The third kappa shape index (κ3) is 25.7. The number of allylic oxidation sites excluding steroid dienone is 2. The predicted octanol–water partition coefficient (Wildman–Crippen LogP) is 9.14. The molecule has 0 radical (unpaired) electrons. The fourth-order valence-electron chi connectivity index (χ4n) is 3.84. The van der Waals surface area contributed by atoms with Gasteiger partial charge in [-0.2, -0.15) is 0 Å². The summed E-state index contributed by atoms with van der Waals surface area (Å²) in [5.74, 6) is 0. The Bertz CT molecular complexity index is 271. The van der Waals surface area contributed by atoms with Crippen molar-refractivity contribution in [3.63, 3.8) is 0 Å². The lowest BCUT2D eigenvalue weighted by Gasteiger charge is -2.04. The minimum absolute atomic E-state index is 0.372. The van der Waals surface area contributed by atoms with Gasteiger partial charge in [0.2, 0.25) is 0 Å². The summed E-state index contributed by atoms with van der Waals surface area (Å²) in [4.78, 5) is 0. The van der Waals surface area contributed by atoms with Gasteiger partial charge in [-0.05, 0) is 25.7 Å². The monoisotopic (exact) mass is 380 g/mol. The van der Waals surface area contributed by atoms with Crippen molar-refractivity contribution in [1.29, 1.82) is 0 Å². The molecule has 0 aromatic heterocycles. The molecule has 0 saturated heterocycles. The summed E-state index contributed by atoms with van der Waals surface area (Å²) in [5, 5.41) is 8.74. The van der Waals surface area contributed by atoms with E-state index in [0.717, 1.165) is 6.42 Å². The number of aliphatic hydroxyl groups is 1. The summed E-state index contributed by atoms with van der Waals surface area (Å²) >= 11 is 0. The first kappa shape index (κ1) is 26.7. The minimum atomic E-state index is 0.372. The van der Waals surface area contributed by atoms with Gasteiger partial charge >= 0.3 is 0 Å². The van der Waals surface area contributed by atoms with E-state index in [1.165, 1.54) is 135 Å². The van der Waals surface area contributed by atoms with Gasteiger partial charge in [-0.25, -0.2) is 0 Å². The fraction of sp³-hybridized carbons (Fsp3) is 0.923. The predicted molar refractivity (Wildman–Crippen MR) is 123 cm³/mol. The number of rotatable bonds is 23. The van der Waals surface area contributed by atoms with Gasteiger partial charge in [0.15, 0.2) is 0 Å². The summed E-state index contributed by atoms with van der Waals surface area (Å²) in [6.45, 7) is 2.58. The van der Waals surface area contributed by atoms with Crippen LogP contribution in [0.5, 0.6) is 0 Å². The number of unbranched alkanes of at least 4 members (excludes halogenated alkanes) is 20. The van der Waals surface area contributed by atoms with Crippen molar-refractivity contribution in [2.24, 2.45) is 0 Å². The molecule has 0 aromatic carbocycles. The first-order chi connectivity index (χ1) is 13.4. The lowest BCUT2D eigenvalue weighted by atomic mass is 10.0. The van der Waals surface area contributed by atoms with Gasteiger partial charge < -0.3 is 5.11 Å². The number of hydrogen-bond donors (Lipinski definition) is 1. The molecule has 0 bridgehead atoms. The summed E-state index contributed by atoms with van der Waals surface area (Å²) in [7, 11) is 0. The quantitative estimate of drug-likeness (QED) is 0.138. The smallest absolute Gasteiger partial charge is 0.0431 e. The standard InChI is InChI=1S/C26H52O/c1-2-3-4-5-6-7-8-9-10-11-12-13-14-15-16-17-18-19-20-21-22-23-24-25-26-27/h3-4,27H,2,5-26H2,1H3/b4-3+. The molecule has 0 heterocycles. The maximum Gasteiger partial charge on any atom is 0.0431 e. The highest BCUT2D eigenvalue weighted by atomic mass is 16.2. The molecule has 0 saturated carbocycles. The molecule has 1 heteroatoms. The second kappa shape index (κ2) is 25.7. The van der Waals surface area contributed by atoms with Crippen LogP contribution < -0.4 is 0 Å². The van der Waals surface area contributed by atoms with Crippen molar-refractivity contribution < 1.29 is 5.11 Å². The topological polar surface area (TPSA) is 20.2 Å². The van der Waals surface area contributed by atoms with E-state index in [1.807, 2.05) is 0 Å². The third-order valence-electron chi connectivity index (χ3n) is 5.68. The Morgan fingerprint density at radius 1 is 0.407 bits per heavy atom. The van der Waals surface area contributed by atoms with E-state index in [0.29, 0.717) is 6.61 Å². The van der Waals surface area contributed by atoms with Crippen LogP contribution in [0, 0.1) is 0 Å². The number of hydrogen-bond acceptors (Lipinski definition) is 1. The molecule has 0 aliphatic rings. The third-order valence-corrected chi connectivity index (χ3v) is 5.68. The van der Waals surface area contributed by atoms with E-state index in [-0.39, 0.29) is 0 Å². The Morgan fingerprint density at radius 2 is 0.704 bits per heavy atom. The second-order valence-corrected chi connectivity index (χ2v) is 8.46. The molecule has 0 unspecified atom stereocenters. The summed E-state index contributed by atoms with van der Waals surface area (Å²) < 4.78 is 0. The Labute approximate surface area is 172 Å². The van der Waals surface area contributed by atoms with E-state index >= 15 is 0 Å². The molecule has 0 aromatic rings. The van der Waals surface area contributed by atoms with E-state index in [4.69, 9.17) is 5.11 Å². The molecule has 0 amide bonds. The lowest BCUT2D eigenvalue weighted by Crippen LogP contribution is -1.85. The summed E-state index contributed by atoms with van der Waals surface area (Å²) in [5.41, 5.74) is 0. The van der Waals surface area contributed by atoms with E-state index in [2.05, 4.69) is 19.1 Å². The van der Waals surface area contributed by atoms with Crippen molar-refractivity contribution in [3.05, 3.63) is 12.2 Å². The molecule has 0 aliphatic heterocycles. The first-order valence-electron chi connectivity index (χ1n) is 12.7. The van der Waals surface area contributed by atoms with Crippen molar-refractivity contribution in [3.8, 4) is 0 Å². The Hall–Kier alpha value is -0.300. The van der Waals surface area contributed by atoms with Crippen LogP contribution in [-0.4, -0.2) is 11.7 Å². The molecule has 0 aliphatic carbocycles. The molecule has 27 heavy (non-hydrogen) atoms. The van der Waals surface area contributed by atoms with Crippen molar-refractivity contribution >= 4 is 0 Å². The largest absolute Gasteiger partial charge is 0.396 e. The van der Waals surface area contributed by atoms with Crippen LogP contribution in [0.15, 0.2) is 12.2 Å². The molecule has 1 nitrogen and oxygen atoms in total. The van der Waals surface area contributed by atoms with Crippen LogP contribution in [0.25, 0.3) is 0 Å². The zero-order valence-electron chi connectivity index (χ0n) is 18.9. The van der Waals surface area contributed by atoms with Crippen LogP contribution in [-0.2, 0) is 0 Å².